The van der Waals surface area contributed by atoms with Gasteiger partial charge in [-0.1, -0.05) is 13.8 Å². The van der Waals surface area contributed by atoms with Crippen LogP contribution < -0.4 is 0 Å². The fourth-order valence-corrected chi connectivity index (χ4v) is 0. The molecule has 0 aliphatic heterocycles. The van der Waals surface area contributed by atoms with Crippen molar-refractivity contribution in [3.8, 4) is 0 Å². The van der Waals surface area contributed by atoms with Crippen LogP contribution in [0.25, 0.3) is 0 Å². The molecule has 0 amide bonds. The van der Waals surface area contributed by atoms with Crippen LogP contribution in [0.3, 0.4) is 0 Å². The fourth-order valence-electron chi connectivity index (χ4n) is 0. The largest absolute Gasteiger partial charge is 0.341 e. The van der Waals surface area contributed by atoms with Crippen molar-refractivity contribution in [3.63, 3.8) is 0 Å². The molecule has 1 heteroatoms. The zero-order valence-electron chi connectivity index (χ0n) is 3.73. The van der Waals surface area contributed by atoms with Crippen LogP contribution in [0.2, 0.25) is 0 Å². The van der Waals surface area contributed by atoms with E-state index < -0.39 is 0 Å². The van der Waals surface area contributed by atoms with Gasteiger partial charge in [-0.15, -0.1) is 0 Å². The van der Waals surface area contributed by atoms with Gasteiger partial charge in [0.05, 0.1) is 0 Å². The van der Waals surface area contributed by atoms with E-state index in [4.69, 9.17) is 0 Å². The predicted octanol–water partition coefficient (Wildman–Crippen LogP) is 1.47. The van der Waals surface area contributed by atoms with Gasteiger partial charge in [0.15, 0.2) is 0 Å². The maximum atomic E-state index is 3.64. The molecule has 0 atom stereocenters. The Bertz CT molecular complexity index is 8.36. The van der Waals surface area contributed by atoms with E-state index in [2.05, 4.69) is 20.8 Å². The Morgan fingerprint density at radius 2 is 1.40 bits per heavy atom. The van der Waals surface area contributed by atoms with Gasteiger partial charge < -0.3 is 6.92 Å². The van der Waals surface area contributed by atoms with Crippen molar-refractivity contribution < 1.29 is 18.6 Å². The van der Waals surface area contributed by atoms with Gasteiger partial charge in [0.2, 0.25) is 0 Å². The summed E-state index contributed by atoms with van der Waals surface area (Å²) in [7, 11) is 0. The molecule has 0 aromatic rings. The fraction of sp³-hybridized carbons (Fsp3) is 0.750. The Labute approximate surface area is 45.8 Å². The molecule has 0 N–H and O–H groups in total. The Morgan fingerprint density at radius 1 is 1.40 bits per heavy atom. The summed E-state index contributed by atoms with van der Waals surface area (Å²) in [4.78, 5) is 0. The summed E-state index contributed by atoms with van der Waals surface area (Å²) in [6.45, 7) is 7.75. The van der Waals surface area contributed by atoms with Gasteiger partial charge in [0.1, 0.15) is 0 Å². The first-order chi connectivity index (χ1) is 1.73. The number of rotatable bonds is 0. The van der Waals surface area contributed by atoms with Crippen LogP contribution in [0.15, 0.2) is 0 Å². The van der Waals surface area contributed by atoms with Crippen LogP contribution in [0, 0.1) is 12.8 Å². The maximum absolute atomic E-state index is 3.64. The van der Waals surface area contributed by atoms with Crippen LogP contribution in [-0.4, -0.2) is 0 Å². The molecule has 0 aliphatic rings. The normalized spacial score (nSPS) is 7.20. The van der Waals surface area contributed by atoms with Gasteiger partial charge in [-0.05, 0) is 0 Å². The summed E-state index contributed by atoms with van der Waals surface area (Å²) in [5.74, 6) is 0.583. The van der Waals surface area contributed by atoms with Crippen LogP contribution in [0.4, 0.5) is 0 Å². The van der Waals surface area contributed by atoms with E-state index >= 15 is 0 Å². The van der Waals surface area contributed by atoms with Gasteiger partial charge in [-0.25, -0.2) is 0 Å². The van der Waals surface area contributed by atoms with Crippen LogP contribution in [-0.2, 0) is 18.6 Å². The second kappa shape index (κ2) is 4.58. The molecule has 31 valence electrons. The monoisotopic (exact) mass is 108 g/mol. The van der Waals surface area contributed by atoms with E-state index in [1.807, 2.05) is 0 Å². The van der Waals surface area contributed by atoms with Crippen molar-refractivity contribution >= 4 is 0 Å². The SMILES string of the molecule is [CH2-]C(C)C.[V]. The van der Waals surface area contributed by atoms with Crippen molar-refractivity contribution in [3.05, 3.63) is 6.92 Å². The van der Waals surface area contributed by atoms with Crippen LogP contribution in [0.1, 0.15) is 13.8 Å². The van der Waals surface area contributed by atoms with Gasteiger partial charge in [0.25, 0.3) is 0 Å². The summed E-state index contributed by atoms with van der Waals surface area (Å²) in [5, 5.41) is 0. The van der Waals surface area contributed by atoms with E-state index in [0.29, 0.717) is 5.92 Å². The summed E-state index contributed by atoms with van der Waals surface area (Å²) >= 11 is 0. The predicted molar refractivity (Wildman–Crippen MR) is 20.2 cm³/mol. The van der Waals surface area contributed by atoms with Crippen molar-refractivity contribution in [1.82, 2.24) is 0 Å². The minimum absolute atomic E-state index is 0. The van der Waals surface area contributed by atoms with Crippen molar-refractivity contribution in [1.29, 1.82) is 0 Å². The van der Waals surface area contributed by atoms with Crippen molar-refractivity contribution in [2.75, 3.05) is 0 Å². The first kappa shape index (κ1) is 9.14. The third-order valence-corrected chi connectivity index (χ3v) is 0. The third kappa shape index (κ3) is 89.7. The first-order valence-electron chi connectivity index (χ1n) is 1.56. The second-order valence-electron chi connectivity index (χ2n) is 1.39. The topological polar surface area (TPSA) is 0 Å². The molecule has 5 heavy (non-hydrogen) atoms. The Kier molecular flexibility index (Phi) is 8.38. The molecule has 0 heterocycles. The Morgan fingerprint density at radius 3 is 1.40 bits per heavy atom. The second-order valence-corrected chi connectivity index (χ2v) is 1.39. The molecular weight excluding hydrogens is 99.0 g/mol. The standard InChI is InChI=1S/C4H9.V/c1-4(2)3;/h4H,1H2,2-3H3;/q-1;. The zero-order chi connectivity index (χ0) is 3.58. The molecule has 0 saturated carbocycles. The van der Waals surface area contributed by atoms with Crippen LogP contribution >= 0.6 is 0 Å². The molecule has 0 aliphatic carbocycles. The molecule has 0 rings (SSSR count). The quantitative estimate of drug-likeness (QED) is 0.412. The zero-order valence-corrected chi connectivity index (χ0v) is 5.13. The Hall–Kier alpha value is 0.584. The van der Waals surface area contributed by atoms with E-state index in [1.54, 1.807) is 0 Å². The van der Waals surface area contributed by atoms with E-state index in [0.717, 1.165) is 0 Å². The van der Waals surface area contributed by atoms with E-state index in [-0.39, 0.29) is 18.6 Å². The molecule has 0 bridgehead atoms. The number of hydrogen-bond donors (Lipinski definition) is 0. The summed E-state index contributed by atoms with van der Waals surface area (Å²) < 4.78 is 0. The first-order valence-corrected chi connectivity index (χ1v) is 1.56. The van der Waals surface area contributed by atoms with E-state index in [1.165, 1.54) is 0 Å². The van der Waals surface area contributed by atoms with E-state index in [9.17, 15) is 0 Å². The molecule has 0 nitrogen and oxygen atoms in total. The smallest absolute Gasteiger partial charge is 0 e. The Balaban J connectivity index is 0. The minimum atomic E-state index is 0. The maximum Gasteiger partial charge on any atom is 0 e. The van der Waals surface area contributed by atoms with Crippen molar-refractivity contribution in [2.24, 2.45) is 5.92 Å². The molecule has 0 fully saturated rings. The molecule has 0 saturated heterocycles. The third-order valence-electron chi connectivity index (χ3n) is 0. The molecule has 0 spiro atoms. The molecule has 0 unspecified atom stereocenters. The molecule has 1 radical (unpaired) electrons. The van der Waals surface area contributed by atoms with Crippen LogP contribution in [0.5, 0.6) is 0 Å². The molecule has 0 aromatic heterocycles. The molecule has 0 aromatic carbocycles. The minimum Gasteiger partial charge on any atom is -0.341 e. The average molecular weight is 108 g/mol. The molecular formula is C4H9V-. The summed E-state index contributed by atoms with van der Waals surface area (Å²) in [6.07, 6.45) is 0. The number of hydrogen-bond acceptors (Lipinski definition) is 0. The summed E-state index contributed by atoms with van der Waals surface area (Å²) in [5.41, 5.74) is 0. The average Bonchev–Trinajstić information content (AvgIpc) is 0.811. The van der Waals surface area contributed by atoms with Gasteiger partial charge in [-0.3, -0.25) is 0 Å². The van der Waals surface area contributed by atoms with Gasteiger partial charge in [0, 0.05) is 18.6 Å². The van der Waals surface area contributed by atoms with Gasteiger partial charge in [-0.2, -0.15) is 5.92 Å². The summed E-state index contributed by atoms with van der Waals surface area (Å²) in [6, 6.07) is 0. The van der Waals surface area contributed by atoms with Crippen molar-refractivity contribution in [2.45, 2.75) is 13.8 Å². The van der Waals surface area contributed by atoms with Gasteiger partial charge >= 0.3 is 0 Å².